The van der Waals surface area contributed by atoms with Crippen LogP contribution >= 0.6 is 47.2 Å². The Hall–Kier alpha value is -2.58. The maximum absolute atomic E-state index is 13.1. The van der Waals surface area contributed by atoms with Crippen LogP contribution in [0.25, 0.3) is 17.4 Å². The van der Waals surface area contributed by atoms with E-state index in [1.165, 1.54) is 12.0 Å². The van der Waals surface area contributed by atoms with Gasteiger partial charge in [0.1, 0.15) is 11.5 Å². The van der Waals surface area contributed by atoms with Crippen molar-refractivity contribution >= 4 is 75.1 Å². The zero-order valence-corrected chi connectivity index (χ0v) is 19.1. The lowest BCUT2D eigenvalue weighted by molar-refractivity contribution is -0.113. The number of nitrogens with zero attached hydrogens (tertiary/aromatic N) is 1. The van der Waals surface area contributed by atoms with Gasteiger partial charge in [0.05, 0.1) is 38.9 Å². The maximum Gasteiger partial charge on any atom is 0.339 e. The number of ether oxygens (including phenoxy) is 1. The molecule has 0 unspecified atom stereocenters. The first-order valence-electron chi connectivity index (χ1n) is 8.90. The zero-order chi connectivity index (χ0) is 22.1. The molecule has 31 heavy (non-hydrogen) atoms. The van der Waals surface area contributed by atoms with Crippen molar-refractivity contribution in [1.82, 2.24) is 0 Å². The molecule has 156 valence electrons. The first-order chi connectivity index (χ1) is 14.9. The number of benzene rings is 2. The summed E-state index contributed by atoms with van der Waals surface area (Å²) in [6.07, 6.45) is 1.59. The number of furan rings is 1. The van der Waals surface area contributed by atoms with E-state index in [0.29, 0.717) is 42.0 Å². The third-order valence-electron chi connectivity index (χ3n) is 4.45. The third-order valence-corrected chi connectivity index (χ3v) is 6.39. The van der Waals surface area contributed by atoms with Gasteiger partial charge in [-0.15, -0.1) is 0 Å². The van der Waals surface area contributed by atoms with Crippen molar-refractivity contribution in [3.8, 4) is 11.3 Å². The van der Waals surface area contributed by atoms with Crippen LogP contribution in [0.5, 0.6) is 0 Å². The highest BCUT2D eigenvalue weighted by atomic mass is 35.5. The van der Waals surface area contributed by atoms with E-state index in [9.17, 15) is 9.59 Å². The normalized spacial score (nSPS) is 15.1. The first kappa shape index (κ1) is 21.6. The molecule has 2 heterocycles. The molecule has 1 fully saturated rings. The van der Waals surface area contributed by atoms with Crippen LogP contribution in [0.15, 0.2) is 63.9 Å². The Bertz CT molecular complexity index is 1230. The number of thioether (sulfide) groups is 1. The lowest BCUT2D eigenvalue weighted by atomic mass is 10.1. The quantitative estimate of drug-likeness (QED) is 0.238. The molecule has 0 atom stereocenters. The second-order valence-corrected chi connectivity index (χ2v) is 8.81. The molecule has 0 radical (unpaired) electrons. The molecule has 0 saturated carbocycles. The molecular formula is C22H13Cl2NO4S2. The van der Waals surface area contributed by atoms with Gasteiger partial charge in [0.25, 0.3) is 5.91 Å². The monoisotopic (exact) mass is 489 g/mol. The molecule has 4 rings (SSSR count). The summed E-state index contributed by atoms with van der Waals surface area (Å²) in [5, 5.41) is 0.915. The lowest BCUT2D eigenvalue weighted by Crippen LogP contribution is -2.29. The SMILES string of the molecule is COC(=O)c1ccccc1N1C(=O)/C(=C\c2ccc(-c3c(Cl)cccc3Cl)o2)SC1=S. The number of hydrogen-bond donors (Lipinski definition) is 0. The molecule has 1 aromatic heterocycles. The summed E-state index contributed by atoms with van der Waals surface area (Å²) in [5.41, 5.74) is 1.18. The van der Waals surface area contributed by atoms with E-state index in [2.05, 4.69) is 0 Å². The van der Waals surface area contributed by atoms with Crippen LogP contribution in [-0.4, -0.2) is 23.3 Å². The fourth-order valence-corrected chi connectivity index (χ4v) is 4.90. The summed E-state index contributed by atoms with van der Waals surface area (Å²) in [6, 6.07) is 15.2. The minimum atomic E-state index is -0.555. The summed E-state index contributed by atoms with van der Waals surface area (Å²) in [7, 11) is 1.28. The number of hydrogen-bond acceptors (Lipinski definition) is 6. The highest BCUT2D eigenvalue weighted by Gasteiger charge is 2.35. The Morgan fingerprint density at radius 3 is 2.52 bits per heavy atom. The maximum atomic E-state index is 13.1. The number of rotatable bonds is 4. The summed E-state index contributed by atoms with van der Waals surface area (Å²) < 4.78 is 11.0. The van der Waals surface area contributed by atoms with Crippen molar-refractivity contribution in [3.63, 3.8) is 0 Å². The molecule has 0 bridgehead atoms. The number of esters is 1. The number of para-hydroxylation sites is 1. The van der Waals surface area contributed by atoms with Crippen molar-refractivity contribution < 1.29 is 18.7 Å². The van der Waals surface area contributed by atoms with Gasteiger partial charge in [-0.25, -0.2) is 4.79 Å². The van der Waals surface area contributed by atoms with Crippen LogP contribution in [0.3, 0.4) is 0 Å². The summed E-state index contributed by atoms with van der Waals surface area (Å²) >= 11 is 19.0. The molecule has 0 spiro atoms. The topological polar surface area (TPSA) is 59.8 Å². The highest BCUT2D eigenvalue weighted by Crippen LogP contribution is 2.39. The molecule has 1 aliphatic heterocycles. The van der Waals surface area contributed by atoms with Gasteiger partial charge in [-0.1, -0.05) is 65.4 Å². The average Bonchev–Trinajstić information content (AvgIpc) is 3.31. The van der Waals surface area contributed by atoms with Gasteiger partial charge in [0.15, 0.2) is 4.32 Å². The van der Waals surface area contributed by atoms with Gasteiger partial charge in [-0.3, -0.25) is 9.69 Å². The Kier molecular flexibility index (Phi) is 6.20. The molecule has 9 heteroatoms. The van der Waals surface area contributed by atoms with Crippen LogP contribution in [0.1, 0.15) is 16.1 Å². The van der Waals surface area contributed by atoms with E-state index in [1.807, 2.05) is 0 Å². The van der Waals surface area contributed by atoms with Crippen LogP contribution in [-0.2, 0) is 9.53 Å². The van der Waals surface area contributed by atoms with Gasteiger partial charge >= 0.3 is 5.97 Å². The number of carbonyl (C=O) groups excluding carboxylic acids is 2. The third kappa shape index (κ3) is 4.14. The van der Waals surface area contributed by atoms with Crippen molar-refractivity contribution in [3.05, 3.63) is 80.9 Å². The molecule has 5 nitrogen and oxygen atoms in total. The Labute approximate surface area is 197 Å². The number of thiocarbonyl (C=S) groups is 1. The number of carbonyl (C=O) groups is 2. The minimum Gasteiger partial charge on any atom is -0.465 e. The van der Waals surface area contributed by atoms with E-state index in [0.717, 1.165) is 11.8 Å². The Morgan fingerprint density at radius 2 is 1.81 bits per heavy atom. The van der Waals surface area contributed by atoms with Crippen molar-refractivity contribution in [2.24, 2.45) is 0 Å². The Balaban J connectivity index is 1.67. The van der Waals surface area contributed by atoms with Gasteiger partial charge in [0, 0.05) is 6.08 Å². The van der Waals surface area contributed by atoms with E-state index >= 15 is 0 Å². The predicted molar refractivity (Wildman–Crippen MR) is 128 cm³/mol. The fraction of sp³-hybridized carbons (Fsp3) is 0.0455. The number of halogens is 2. The largest absolute Gasteiger partial charge is 0.465 e. The van der Waals surface area contributed by atoms with Crippen molar-refractivity contribution in [1.29, 1.82) is 0 Å². The first-order valence-corrected chi connectivity index (χ1v) is 10.9. The zero-order valence-electron chi connectivity index (χ0n) is 15.9. The summed E-state index contributed by atoms with van der Waals surface area (Å²) in [5.74, 6) is 0.00195. The highest BCUT2D eigenvalue weighted by molar-refractivity contribution is 8.27. The average molecular weight is 490 g/mol. The second kappa shape index (κ2) is 8.88. The molecule has 0 aliphatic carbocycles. The molecule has 0 N–H and O–H groups in total. The van der Waals surface area contributed by atoms with Gasteiger partial charge < -0.3 is 9.15 Å². The minimum absolute atomic E-state index is 0.246. The number of amides is 1. The summed E-state index contributed by atoms with van der Waals surface area (Å²) in [6.45, 7) is 0. The van der Waals surface area contributed by atoms with Crippen LogP contribution < -0.4 is 4.90 Å². The number of anilines is 1. The number of methoxy groups -OCH3 is 1. The van der Waals surface area contributed by atoms with E-state index in [1.54, 1.807) is 60.7 Å². The van der Waals surface area contributed by atoms with Crippen LogP contribution in [0.4, 0.5) is 5.69 Å². The van der Waals surface area contributed by atoms with Gasteiger partial charge in [-0.05, 0) is 36.4 Å². The van der Waals surface area contributed by atoms with Gasteiger partial charge in [0.2, 0.25) is 0 Å². The molecule has 1 saturated heterocycles. The van der Waals surface area contributed by atoms with Crippen LogP contribution in [0, 0.1) is 0 Å². The Morgan fingerprint density at radius 1 is 1.10 bits per heavy atom. The standard InChI is InChI=1S/C22H13Cl2NO4S2/c1-28-21(27)13-5-2-3-8-16(13)25-20(26)18(31-22(25)30)11-12-9-10-17(29-12)19-14(23)6-4-7-15(19)24/h2-11H,1H3/b18-11+. The molecule has 1 amide bonds. The second-order valence-electron chi connectivity index (χ2n) is 6.32. The van der Waals surface area contributed by atoms with E-state index in [-0.39, 0.29) is 11.5 Å². The lowest BCUT2D eigenvalue weighted by Gasteiger charge is -2.17. The molecule has 2 aromatic carbocycles. The molecule has 1 aliphatic rings. The molecule has 3 aromatic rings. The summed E-state index contributed by atoms with van der Waals surface area (Å²) in [4.78, 5) is 26.9. The van der Waals surface area contributed by atoms with E-state index < -0.39 is 5.97 Å². The van der Waals surface area contributed by atoms with Gasteiger partial charge in [-0.2, -0.15) is 0 Å². The fourth-order valence-electron chi connectivity index (χ4n) is 3.05. The van der Waals surface area contributed by atoms with E-state index in [4.69, 9.17) is 44.6 Å². The molecular weight excluding hydrogens is 477 g/mol. The predicted octanol–water partition coefficient (Wildman–Crippen LogP) is 6.45. The smallest absolute Gasteiger partial charge is 0.339 e. The van der Waals surface area contributed by atoms with Crippen molar-refractivity contribution in [2.75, 3.05) is 12.0 Å². The van der Waals surface area contributed by atoms with Crippen molar-refractivity contribution in [2.45, 2.75) is 0 Å². The van der Waals surface area contributed by atoms with Crippen LogP contribution in [0.2, 0.25) is 10.0 Å².